The fraction of sp³-hybridized carbons (Fsp3) is 0.476. The van der Waals surface area contributed by atoms with Crippen molar-refractivity contribution in [3.8, 4) is 0 Å². The SMILES string of the molecule is Cn1cc2cc(N3CCCCC3)c(NC(=O)c3coc(N4CC[C@H](O)C4)n3)cc2n1. The molecule has 2 saturated heterocycles. The number of hydrogen-bond donors (Lipinski definition) is 2. The van der Waals surface area contributed by atoms with E-state index in [-0.39, 0.29) is 17.7 Å². The first-order chi connectivity index (χ1) is 14.6. The summed E-state index contributed by atoms with van der Waals surface area (Å²) in [5.74, 6) is -0.321. The number of rotatable bonds is 4. The maximum Gasteiger partial charge on any atom is 0.298 e. The topological polar surface area (TPSA) is 99.7 Å². The standard InChI is InChI=1S/C21H26N6O3/c1-25-11-14-9-19(26-6-3-2-4-7-26)17(10-16(14)24-25)22-20(29)18-13-30-21(23-18)27-8-5-15(28)12-27/h9-11,13,15,28H,2-8,12H2,1H3,(H,22,29)/t15-/m0/s1. The Kier molecular flexibility index (Phi) is 4.82. The smallest absolute Gasteiger partial charge is 0.298 e. The molecule has 30 heavy (non-hydrogen) atoms. The first-order valence-corrected chi connectivity index (χ1v) is 10.5. The monoisotopic (exact) mass is 410 g/mol. The second-order valence-corrected chi connectivity index (χ2v) is 8.14. The maximum atomic E-state index is 12.9. The number of piperidine rings is 1. The van der Waals surface area contributed by atoms with Crippen molar-refractivity contribution < 1.29 is 14.3 Å². The van der Waals surface area contributed by atoms with E-state index in [1.165, 1.54) is 12.7 Å². The number of aliphatic hydroxyl groups excluding tert-OH is 1. The predicted molar refractivity (Wildman–Crippen MR) is 114 cm³/mol. The molecule has 0 aliphatic carbocycles. The van der Waals surface area contributed by atoms with Gasteiger partial charge in [0.2, 0.25) is 0 Å². The zero-order valence-electron chi connectivity index (χ0n) is 17.0. The summed E-state index contributed by atoms with van der Waals surface area (Å²) in [7, 11) is 1.89. The highest BCUT2D eigenvalue weighted by molar-refractivity contribution is 6.06. The highest BCUT2D eigenvalue weighted by Crippen LogP contribution is 2.33. The van der Waals surface area contributed by atoms with Crippen molar-refractivity contribution in [2.75, 3.05) is 41.3 Å². The van der Waals surface area contributed by atoms with E-state index in [0.29, 0.717) is 25.5 Å². The molecule has 1 amide bonds. The molecular weight excluding hydrogens is 384 g/mol. The molecule has 9 heteroatoms. The van der Waals surface area contributed by atoms with Crippen LogP contribution in [0.25, 0.3) is 10.9 Å². The molecule has 0 bridgehead atoms. The molecule has 0 unspecified atom stereocenters. The van der Waals surface area contributed by atoms with Gasteiger partial charge in [0.05, 0.1) is 23.0 Å². The van der Waals surface area contributed by atoms with Crippen LogP contribution in [0.15, 0.2) is 29.0 Å². The Hall–Kier alpha value is -3.07. The second-order valence-electron chi connectivity index (χ2n) is 8.14. The molecule has 158 valence electrons. The molecule has 5 rings (SSSR count). The lowest BCUT2D eigenvalue weighted by Crippen LogP contribution is -2.30. The number of carbonyl (C=O) groups excluding carboxylic acids is 1. The maximum absolute atomic E-state index is 12.9. The summed E-state index contributed by atoms with van der Waals surface area (Å²) in [4.78, 5) is 21.4. The van der Waals surface area contributed by atoms with Gasteiger partial charge < -0.3 is 24.6 Å². The third kappa shape index (κ3) is 3.60. The number of benzene rings is 1. The first kappa shape index (κ1) is 18.9. The third-order valence-electron chi connectivity index (χ3n) is 5.84. The zero-order valence-corrected chi connectivity index (χ0v) is 17.0. The van der Waals surface area contributed by atoms with E-state index in [9.17, 15) is 9.90 Å². The Labute approximate surface area is 174 Å². The summed E-state index contributed by atoms with van der Waals surface area (Å²) in [6.07, 6.45) is 7.18. The second kappa shape index (κ2) is 7.64. The first-order valence-electron chi connectivity index (χ1n) is 10.5. The molecule has 1 aromatic carbocycles. The van der Waals surface area contributed by atoms with E-state index >= 15 is 0 Å². The summed E-state index contributed by atoms with van der Waals surface area (Å²) in [6, 6.07) is 4.39. The molecule has 1 atom stereocenters. The van der Waals surface area contributed by atoms with Gasteiger partial charge in [0.1, 0.15) is 6.26 Å². The highest BCUT2D eigenvalue weighted by Gasteiger charge is 2.25. The summed E-state index contributed by atoms with van der Waals surface area (Å²) in [6.45, 7) is 3.08. The lowest BCUT2D eigenvalue weighted by molar-refractivity contribution is 0.102. The van der Waals surface area contributed by atoms with Crippen LogP contribution in [0.3, 0.4) is 0 Å². The summed E-state index contributed by atoms with van der Waals surface area (Å²) in [5.41, 5.74) is 2.79. The Balaban J connectivity index is 1.42. The average Bonchev–Trinajstić information content (AvgIpc) is 3.46. The number of amides is 1. The van der Waals surface area contributed by atoms with Crippen LogP contribution in [0.5, 0.6) is 0 Å². The molecule has 2 aliphatic heterocycles. The van der Waals surface area contributed by atoms with E-state index in [1.54, 1.807) is 4.68 Å². The average molecular weight is 410 g/mol. The van der Waals surface area contributed by atoms with E-state index < -0.39 is 0 Å². The van der Waals surface area contributed by atoms with Crippen LogP contribution >= 0.6 is 0 Å². The van der Waals surface area contributed by atoms with Crippen LogP contribution in [0, 0.1) is 0 Å². The number of fused-ring (bicyclic) bond motifs is 1. The number of nitrogens with zero attached hydrogens (tertiary/aromatic N) is 5. The van der Waals surface area contributed by atoms with Crippen LogP contribution in [0.1, 0.15) is 36.2 Å². The molecule has 0 radical (unpaired) electrons. The number of oxazole rings is 1. The van der Waals surface area contributed by atoms with Crippen LogP contribution in [0.4, 0.5) is 17.4 Å². The number of aryl methyl sites for hydroxylation is 1. The largest absolute Gasteiger partial charge is 0.431 e. The predicted octanol–water partition coefficient (Wildman–Crippen LogP) is 2.37. The van der Waals surface area contributed by atoms with Crippen LogP contribution in [0.2, 0.25) is 0 Å². The van der Waals surface area contributed by atoms with E-state index in [0.717, 1.165) is 48.2 Å². The van der Waals surface area contributed by atoms with Gasteiger partial charge in [-0.2, -0.15) is 10.1 Å². The molecule has 4 heterocycles. The molecule has 0 spiro atoms. The Morgan fingerprint density at radius 2 is 2.03 bits per heavy atom. The summed E-state index contributed by atoms with van der Waals surface area (Å²) in [5, 5.41) is 18.3. The normalized spacial score (nSPS) is 19.6. The fourth-order valence-electron chi connectivity index (χ4n) is 4.30. The minimum atomic E-state index is -0.383. The van der Waals surface area contributed by atoms with Gasteiger partial charge in [-0.15, -0.1) is 0 Å². The molecular formula is C21H26N6O3. The van der Waals surface area contributed by atoms with Gasteiger partial charge in [0.15, 0.2) is 5.69 Å². The van der Waals surface area contributed by atoms with E-state index in [1.807, 2.05) is 24.2 Å². The molecule has 3 aromatic rings. The molecule has 2 aromatic heterocycles. The quantitative estimate of drug-likeness (QED) is 0.681. The van der Waals surface area contributed by atoms with E-state index in [4.69, 9.17) is 4.42 Å². The number of nitrogens with one attached hydrogen (secondary N) is 1. The summed E-state index contributed by atoms with van der Waals surface area (Å²) < 4.78 is 7.28. The van der Waals surface area contributed by atoms with Gasteiger partial charge in [-0.3, -0.25) is 9.48 Å². The highest BCUT2D eigenvalue weighted by atomic mass is 16.4. The van der Waals surface area contributed by atoms with Crippen molar-refractivity contribution in [1.82, 2.24) is 14.8 Å². The van der Waals surface area contributed by atoms with E-state index in [2.05, 4.69) is 26.4 Å². The number of anilines is 3. The van der Waals surface area contributed by atoms with Crippen molar-refractivity contribution in [2.45, 2.75) is 31.8 Å². The number of aromatic nitrogens is 3. The Morgan fingerprint density at radius 1 is 1.20 bits per heavy atom. The number of β-amino-alcohol motifs (C(OH)–C–C–N with tert-alkyl or cyclic N) is 1. The van der Waals surface area contributed by atoms with Gasteiger partial charge in [-0.1, -0.05) is 0 Å². The van der Waals surface area contributed by atoms with Crippen molar-refractivity contribution in [1.29, 1.82) is 0 Å². The molecule has 2 fully saturated rings. The van der Waals surface area contributed by atoms with Crippen LogP contribution in [-0.2, 0) is 7.05 Å². The van der Waals surface area contributed by atoms with Gasteiger partial charge in [-0.05, 0) is 37.8 Å². The minimum absolute atomic E-state index is 0.220. The van der Waals surface area contributed by atoms with Crippen LogP contribution < -0.4 is 15.1 Å². The Morgan fingerprint density at radius 3 is 2.80 bits per heavy atom. The van der Waals surface area contributed by atoms with Crippen molar-refractivity contribution >= 4 is 34.2 Å². The lowest BCUT2D eigenvalue weighted by atomic mass is 10.1. The Bertz CT molecular complexity index is 1070. The van der Waals surface area contributed by atoms with Gasteiger partial charge in [0, 0.05) is 44.8 Å². The molecule has 9 nitrogen and oxygen atoms in total. The number of aliphatic hydroxyl groups is 1. The van der Waals surface area contributed by atoms with Gasteiger partial charge in [0.25, 0.3) is 11.9 Å². The van der Waals surface area contributed by atoms with Gasteiger partial charge >= 0.3 is 0 Å². The molecule has 2 aliphatic rings. The molecule has 0 saturated carbocycles. The molecule has 2 N–H and O–H groups in total. The van der Waals surface area contributed by atoms with Gasteiger partial charge in [-0.25, -0.2) is 0 Å². The minimum Gasteiger partial charge on any atom is -0.431 e. The van der Waals surface area contributed by atoms with Crippen molar-refractivity contribution in [2.24, 2.45) is 7.05 Å². The lowest BCUT2D eigenvalue weighted by Gasteiger charge is -2.30. The number of hydrogen-bond acceptors (Lipinski definition) is 7. The zero-order chi connectivity index (χ0) is 20.7. The third-order valence-corrected chi connectivity index (χ3v) is 5.84. The fourth-order valence-corrected chi connectivity index (χ4v) is 4.30. The summed E-state index contributed by atoms with van der Waals surface area (Å²) >= 11 is 0. The van der Waals surface area contributed by atoms with Crippen molar-refractivity contribution in [3.63, 3.8) is 0 Å². The van der Waals surface area contributed by atoms with Crippen molar-refractivity contribution in [3.05, 3.63) is 30.3 Å². The van der Waals surface area contributed by atoms with Crippen LogP contribution in [-0.4, -0.2) is 58.1 Å². The number of carbonyl (C=O) groups is 1.